The van der Waals surface area contributed by atoms with E-state index in [1.54, 1.807) is 22.1 Å². The Labute approximate surface area is 108 Å². The summed E-state index contributed by atoms with van der Waals surface area (Å²) >= 11 is 0. The van der Waals surface area contributed by atoms with Crippen molar-refractivity contribution in [1.29, 1.82) is 0 Å². The number of imidazole rings is 1. The molecule has 18 heavy (non-hydrogen) atoms. The minimum absolute atomic E-state index is 0.128. The van der Waals surface area contributed by atoms with Crippen molar-refractivity contribution in [3.05, 3.63) is 12.5 Å². The molecule has 6 nitrogen and oxygen atoms in total. The molecule has 1 heterocycles. The van der Waals surface area contributed by atoms with Gasteiger partial charge in [0.1, 0.15) is 0 Å². The fourth-order valence-electron chi connectivity index (χ4n) is 2.06. The maximum absolute atomic E-state index is 12.5. The van der Waals surface area contributed by atoms with E-state index in [4.69, 9.17) is 5.73 Å². The molecule has 0 aliphatic heterocycles. The second-order valence-corrected chi connectivity index (χ2v) is 6.56. The third kappa shape index (κ3) is 2.57. The van der Waals surface area contributed by atoms with Crippen LogP contribution in [0.4, 0.5) is 0 Å². The molecule has 0 spiro atoms. The molecule has 1 aliphatic rings. The summed E-state index contributed by atoms with van der Waals surface area (Å²) in [6.45, 7) is 0.987. The highest BCUT2D eigenvalue weighted by Crippen LogP contribution is 2.29. The summed E-state index contributed by atoms with van der Waals surface area (Å²) in [6.07, 6.45) is 6.72. The minimum Gasteiger partial charge on any atom is -0.339 e. The molecule has 1 aromatic rings. The second-order valence-electron chi connectivity index (χ2n) is 4.72. The molecule has 0 bridgehead atoms. The van der Waals surface area contributed by atoms with Crippen molar-refractivity contribution >= 4 is 10.0 Å². The highest BCUT2D eigenvalue weighted by Gasteiger charge is 2.35. The van der Waals surface area contributed by atoms with Crippen LogP contribution in [0.3, 0.4) is 0 Å². The number of nitrogens with two attached hydrogens (primary N) is 1. The highest BCUT2D eigenvalue weighted by molar-refractivity contribution is 7.89. The summed E-state index contributed by atoms with van der Waals surface area (Å²) in [5.74, 6) is 0. The van der Waals surface area contributed by atoms with Crippen LogP contribution in [0.15, 0.2) is 17.6 Å². The smallest absolute Gasteiger partial charge is 0.262 e. The average Bonchev–Trinajstić information content (AvgIpc) is 2.68. The van der Waals surface area contributed by atoms with Crippen molar-refractivity contribution in [2.45, 2.75) is 36.8 Å². The minimum atomic E-state index is -3.47. The normalized spacial score (nSPS) is 17.1. The third-order valence-corrected chi connectivity index (χ3v) is 5.16. The van der Waals surface area contributed by atoms with Gasteiger partial charge in [0.25, 0.3) is 10.0 Å². The Morgan fingerprint density at radius 2 is 2.28 bits per heavy atom. The molecule has 0 radical (unpaired) electrons. The maximum atomic E-state index is 12.5. The van der Waals surface area contributed by atoms with Crippen LogP contribution in [-0.2, 0) is 17.1 Å². The molecule has 0 aromatic carbocycles. The van der Waals surface area contributed by atoms with Crippen LogP contribution in [0, 0.1) is 0 Å². The molecule has 1 fully saturated rings. The third-order valence-electron chi connectivity index (χ3n) is 3.32. The van der Waals surface area contributed by atoms with Crippen LogP contribution in [0.5, 0.6) is 0 Å². The number of nitrogens with zero attached hydrogens (tertiary/aromatic N) is 3. The van der Waals surface area contributed by atoms with Crippen LogP contribution in [0.2, 0.25) is 0 Å². The number of sulfonamides is 1. The molecule has 2 N–H and O–H groups in total. The van der Waals surface area contributed by atoms with Crippen molar-refractivity contribution in [3.8, 4) is 0 Å². The summed E-state index contributed by atoms with van der Waals surface area (Å²) in [5.41, 5.74) is 5.48. The summed E-state index contributed by atoms with van der Waals surface area (Å²) < 4.78 is 28.2. The molecule has 0 amide bonds. The zero-order valence-electron chi connectivity index (χ0n) is 10.6. The Balaban J connectivity index is 2.22. The SMILES string of the molecule is Cn1cnc(S(=O)(=O)N(CCCN)C2CCC2)c1. The first-order valence-corrected chi connectivity index (χ1v) is 7.69. The van der Waals surface area contributed by atoms with Gasteiger partial charge in [-0.2, -0.15) is 4.31 Å². The van der Waals surface area contributed by atoms with E-state index in [1.807, 2.05) is 0 Å². The van der Waals surface area contributed by atoms with E-state index in [9.17, 15) is 8.42 Å². The zero-order chi connectivity index (χ0) is 13.2. The Hall–Kier alpha value is -0.920. The largest absolute Gasteiger partial charge is 0.339 e. The van der Waals surface area contributed by atoms with Crippen LogP contribution in [0.25, 0.3) is 0 Å². The first kappa shape index (κ1) is 13.5. The predicted molar refractivity (Wildman–Crippen MR) is 68.4 cm³/mol. The summed E-state index contributed by atoms with van der Waals surface area (Å²) in [6, 6.07) is 0.128. The van der Waals surface area contributed by atoms with E-state index < -0.39 is 10.0 Å². The molecule has 0 atom stereocenters. The second kappa shape index (κ2) is 5.38. The van der Waals surface area contributed by atoms with E-state index in [0.29, 0.717) is 19.5 Å². The fourth-order valence-corrected chi connectivity index (χ4v) is 3.76. The fraction of sp³-hybridized carbons (Fsp3) is 0.727. The van der Waals surface area contributed by atoms with E-state index in [0.717, 1.165) is 19.3 Å². The van der Waals surface area contributed by atoms with Gasteiger partial charge in [0.05, 0.1) is 6.33 Å². The topological polar surface area (TPSA) is 81.2 Å². The lowest BCUT2D eigenvalue weighted by atomic mass is 9.93. The average molecular weight is 272 g/mol. The van der Waals surface area contributed by atoms with Crippen LogP contribution in [0.1, 0.15) is 25.7 Å². The molecular formula is C11H20N4O2S. The number of aromatic nitrogens is 2. The predicted octanol–water partition coefficient (Wildman–Crippen LogP) is 0.312. The maximum Gasteiger partial charge on any atom is 0.262 e. The van der Waals surface area contributed by atoms with Crippen LogP contribution >= 0.6 is 0 Å². The lowest BCUT2D eigenvalue weighted by molar-refractivity contribution is 0.218. The molecule has 2 rings (SSSR count). The Kier molecular flexibility index (Phi) is 4.04. The number of hydrogen-bond donors (Lipinski definition) is 1. The van der Waals surface area contributed by atoms with E-state index in [-0.39, 0.29) is 11.1 Å². The van der Waals surface area contributed by atoms with Gasteiger partial charge in [-0.15, -0.1) is 0 Å². The molecular weight excluding hydrogens is 252 g/mol. The highest BCUT2D eigenvalue weighted by atomic mass is 32.2. The first-order chi connectivity index (χ1) is 8.55. The summed E-state index contributed by atoms with van der Waals surface area (Å²) in [5, 5.41) is 0.133. The van der Waals surface area contributed by atoms with Crippen molar-refractivity contribution in [2.75, 3.05) is 13.1 Å². The first-order valence-electron chi connectivity index (χ1n) is 6.25. The molecule has 1 saturated carbocycles. The van der Waals surface area contributed by atoms with E-state index >= 15 is 0 Å². The number of hydrogen-bond acceptors (Lipinski definition) is 4. The molecule has 1 aliphatic carbocycles. The van der Waals surface area contributed by atoms with Crippen molar-refractivity contribution in [2.24, 2.45) is 12.8 Å². The van der Waals surface area contributed by atoms with Crippen molar-refractivity contribution in [1.82, 2.24) is 13.9 Å². The van der Waals surface area contributed by atoms with Gasteiger partial charge in [-0.1, -0.05) is 6.42 Å². The summed E-state index contributed by atoms with van der Waals surface area (Å²) in [7, 11) is -1.70. The lowest BCUT2D eigenvalue weighted by Gasteiger charge is -2.35. The Morgan fingerprint density at radius 1 is 1.56 bits per heavy atom. The summed E-state index contributed by atoms with van der Waals surface area (Å²) in [4.78, 5) is 3.96. The van der Waals surface area contributed by atoms with Gasteiger partial charge in [0.2, 0.25) is 0 Å². The van der Waals surface area contributed by atoms with Crippen LogP contribution in [-0.4, -0.2) is 41.4 Å². The zero-order valence-corrected chi connectivity index (χ0v) is 11.4. The van der Waals surface area contributed by atoms with Gasteiger partial charge in [-0.3, -0.25) is 0 Å². The van der Waals surface area contributed by atoms with Gasteiger partial charge < -0.3 is 10.3 Å². The quantitative estimate of drug-likeness (QED) is 0.808. The molecule has 102 valence electrons. The van der Waals surface area contributed by atoms with Crippen molar-refractivity contribution in [3.63, 3.8) is 0 Å². The van der Waals surface area contributed by atoms with Gasteiger partial charge in [-0.05, 0) is 25.8 Å². The van der Waals surface area contributed by atoms with Crippen LogP contribution < -0.4 is 5.73 Å². The number of rotatable bonds is 6. The van der Waals surface area contributed by atoms with Gasteiger partial charge >= 0.3 is 0 Å². The van der Waals surface area contributed by atoms with Gasteiger partial charge in [0, 0.05) is 25.8 Å². The standard InChI is InChI=1S/C11H20N4O2S/c1-14-8-11(13-9-14)18(16,17)15(7-3-6-12)10-4-2-5-10/h8-10H,2-7,12H2,1H3. The van der Waals surface area contributed by atoms with E-state index in [2.05, 4.69) is 4.98 Å². The molecule has 1 aromatic heterocycles. The Morgan fingerprint density at radius 3 is 2.72 bits per heavy atom. The van der Waals surface area contributed by atoms with Crippen molar-refractivity contribution < 1.29 is 8.42 Å². The van der Waals surface area contributed by atoms with E-state index in [1.165, 1.54) is 6.33 Å². The molecule has 7 heteroatoms. The molecule has 0 unspecified atom stereocenters. The monoisotopic (exact) mass is 272 g/mol. The van der Waals surface area contributed by atoms with Gasteiger partial charge in [0.15, 0.2) is 5.03 Å². The lowest BCUT2D eigenvalue weighted by Crippen LogP contribution is -2.45. The van der Waals surface area contributed by atoms with Gasteiger partial charge in [-0.25, -0.2) is 13.4 Å². The number of aryl methyl sites for hydroxylation is 1. The Bertz CT molecular complexity index is 493. The molecule has 0 saturated heterocycles.